The Morgan fingerprint density at radius 3 is 2.50 bits per heavy atom. The first kappa shape index (κ1) is 15.9. The van der Waals surface area contributed by atoms with Gasteiger partial charge in [-0.15, -0.1) is 0 Å². The molecular weight excluding hydrogens is 329 g/mol. The van der Waals surface area contributed by atoms with Crippen LogP contribution in [0, 0.1) is 10.1 Å². The summed E-state index contributed by atoms with van der Waals surface area (Å²) < 4.78 is 0. The average Bonchev–Trinajstić information content (AvgIpc) is 2.49. The number of rotatable bonds is 4. The summed E-state index contributed by atoms with van der Waals surface area (Å²) in [6.45, 7) is 0. The van der Waals surface area contributed by atoms with Gasteiger partial charge in [0.15, 0.2) is 0 Å². The van der Waals surface area contributed by atoms with E-state index < -0.39 is 10.8 Å². The quantitative estimate of drug-likeness (QED) is 0.524. The van der Waals surface area contributed by atoms with Gasteiger partial charge in [0.25, 0.3) is 11.6 Å². The lowest BCUT2D eigenvalue weighted by atomic mass is 10.2. The number of halogens is 2. The fraction of sp³-hybridized carbons (Fsp3) is 0. The SMILES string of the molecule is O=C(N/N=C\c1ccc(Cl)c([N+](=O)[O-])c1)c1ccc(Cl)cc1. The van der Waals surface area contributed by atoms with Crippen LogP contribution < -0.4 is 5.43 Å². The maximum Gasteiger partial charge on any atom is 0.288 e. The second kappa shape index (κ2) is 7.02. The van der Waals surface area contributed by atoms with Crippen LogP contribution in [0.4, 0.5) is 5.69 Å². The van der Waals surface area contributed by atoms with E-state index >= 15 is 0 Å². The molecule has 22 heavy (non-hydrogen) atoms. The number of hydrazone groups is 1. The van der Waals surface area contributed by atoms with Gasteiger partial charge in [0, 0.05) is 22.2 Å². The average molecular weight is 338 g/mol. The fourth-order valence-corrected chi connectivity index (χ4v) is 1.89. The number of hydrogen-bond donors (Lipinski definition) is 1. The summed E-state index contributed by atoms with van der Waals surface area (Å²) in [4.78, 5) is 22.0. The van der Waals surface area contributed by atoms with Crippen molar-refractivity contribution in [3.05, 3.63) is 73.8 Å². The summed E-state index contributed by atoms with van der Waals surface area (Å²) in [5.74, 6) is -0.420. The zero-order chi connectivity index (χ0) is 16.1. The van der Waals surface area contributed by atoms with Crippen molar-refractivity contribution in [1.29, 1.82) is 0 Å². The monoisotopic (exact) mass is 337 g/mol. The molecule has 0 saturated carbocycles. The normalized spacial score (nSPS) is 10.6. The highest BCUT2D eigenvalue weighted by molar-refractivity contribution is 6.32. The maximum atomic E-state index is 11.8. The molecule has 0 radical (unpaired) electrons. The predicted octanol–water partition coefficient (Wildman–Crippen LogP) is 3.67. The van der Waals surface area contributed by atoms with Crippen molar-refractivity contribution in [2.75, 3.05) is 0 Å². The minimum absolute atomic E-state index is 0.0346. The minimum atomic E-state index is -0.591. The summed E-state index contributed by atoms with van der Waals surface area (Å²) in [6.07, 6.45) is 1.29. The van der Waals surface area contributed by atoms with E-state index in [0.29, 0.717) is 16.1 Å². The van der Waals surface area contributed by atoms with Crippen LogP contribution in [0.25, 0.3) is 0 Å². The molecule has 0 aliphatic rings. The van der Waals surface area contributed by atoms with Gasteiger partial charge in [-0.1, -0.05) is 29.3 Å². The molecule has 0 aromatic heterocycles. The molecule has 0 spiro atoms. The third-order valence-corrected chi connectivity index (χ3v) is 3.22. The highest BCUT2D eigenvalue weighted by Gasteiger charge is 2.11. The van der Waals surface area contributed by atoms with E-state index in [2.05, 4.69) is 10.5 Å². The molecule has 0 aliphatic carbocycles. The van der Waals surface area contributed by atoms with Crippen molar-refractivity contribution in [2.24, 2.45) is 5.10 Å². The Morgan fingerprint density at radius 1 is 1.18 bits per heavy atom. The fourth-order valence-electron chi connectivity index (χ4n) is 1.58. The molecule has 2 aromatic rings. The number of nitro benzene ring substituents is 1. The van der Waals surface area contributed by atoms with Crippen LogP contribution in [0.1, 0.15) is 15.9 Å². The topological polar surface area (TPSA) is 84.6 Å². The smallest absolute Gasteiger partial charge is 0.267 e. The lowest BCUT2D eigenvalue weighted by molar-refractivity contribution is -0.384. The molecule has 8 heteroatoms. The van der Waals surface area contributed by atoms with Crippen LogP contribution in [-0.4, -0.2) is 17.0 Å². The second-order valence-electron chi connectivity index (χ2n) is 4.17. The Labute approximate surface area is 135 Å². The number of carbonyl (C=O) groups is 1. The Hall–Kier alpha value is -2.44. The van der Waals surface area contributed by atoms with Crippen molar-refractivity contribution in [3.8, 4) is 0 Å². The largest absolute Gasteiger partial charge is 0.288 e. The van der Waals surface area contributed by atoms with Crippen LogP contribution in [0.2, 0.25) is 10.0 Å². The van der Waals surface area contributed by atoms with Crippen molar-refractivity contribution < 1.29 is 9.72 Å². The number of nitro groups is 1. The van der Waals surface area contributed by atoms with Gasteiger partial charge < -0.3 is 0 Å². The molecule has 0 heterocycles. The molecule has 0 aliphatic heterocycles. The standard InChI is InChI=1S/C14H9Cl2N3O3/c15-11-4-2-10(3-5-11)14(20)18-17-8-9-1-6-12(16)13(7-9)19(21)22/h1-8H,(H,18,20)/b17-8-. The summed E-state index contributed by atoms with van der Waals surface area (Å²) in [7, 11) is 0. The van der Waals surface area contributed by atoms with E-state index in [1.54, 1.807) is 30.3 Å². The Kier molecular flexibility index (Phi) is 5.08. The van der Waals surface area contributed by atoms with Gasteiger partial charge >= 0.3 is 0 Å². The molecule has 0 bridgehead atoms. The van der Waals surface area contributed by atoms with Crippen LogP contribution >= 0.6 is 23.2 Å². The number of nitrogens with one attached hydrogen (secondary N) is 1. The summed E-state index contributed by atoms with van der Waals surface area (Å²) in [6, 6.07) is 10.5. The zero-order valence-electron chi connectivity index (χ0n) is 11.0. The summed E-state index contributed by atoms with van der Waals surface area (Å²) in [5, 5.41) is 15.1. The molecule has 0 unspecified atom stereocenters. The second-order valence-corrected chi connectivity index (χ2v) is 5.02. The van der Waals surface area contributed by atoms with Gasteiger partial charge in [-0.25, -0.2) is 5.43 Å². The predicted molar refractivity (Wildman–Crippen MR) is 84.6 cm³/mol. The molecule has 1 N–H and O–H groups in total. The molecule has 0 fully saturated rings. The van der Waals surface area contributed by atoms with Crippen LogP contribution in [0.15, 0.2) is 47.6 Å². The minimum Gasteiger partial charge on any atom is -0.267 e. The summed E-state index contributed by atoms with van der Waals surface area (Å²) >= 11 is 11.4. The number of carbonyl (C=O) groups excluding carboxylic acids is 1. The van der Waals surface area contributed by atoms with Crippen LogP contribution in [0.3, 0.4) is 0 Å². The van der Waals surface area contributed by atoms with Gasteiger partial charge in [-0.2, -0.15) is 5.10 Å². The molecule has 2 aromatic carbocycles. The van der Waals surface area contributed by atoms with Gasteiger partial charge in [0.1, 0.15) is 5.02 Å². The van der Waals surface area contributed by atoms with E-state index in [1.165, 1.54) is 18.3 Å². The third-order valence-electron chi connectivity index (χ3n) is 2.65. The van der Waals surface area contributed by atoms with Crippen LogP contribution in [0.5, 0.6) is 0 Å². The number of amides is 1. The molecular formula is C14H9Cl2N3O3. The van der Waals surface area contributed by atoms with E-state index in [9.17, 15) is 14.9 Å². The molecule has 2 rings (SSSR count). The van der Waals surface area contributed by atoms with Gasteiger partial charge in [-0.05, 0) is 30.3 Å². The highest BCUT2D eigenvalue weighted by Crippen LogP contribution is 2.24. The van der Waals surface area contributed by atoms with E-state index in [0.717, 1.165) is 0 Å². The number of benzene rings is 2. The molecule has 0 atom stereocenters. The molecule has 1 amide bonds. The Bertz CT molecular complexity index is 745. The number of nitrogens with zero attached hydrogens (tertiary/aromatic N) is 2. The van der Waals surface area contributed by atoms with Gasteiger partial charge in [-0.3, -0.25) is 14.9 Å². The van der Waals surface area contributed by atoms with Crippen molar-refractivity contribution in [1.82, 2.24) is 5.43 Å². The van der Waals surface area contributed by atoms with Crippen molar-refractivity contribution in [3.63, 3.8) is 0 Å². The van der Waals surface area contributed by atoms with E-state index in [1.807, 2.05) is 0 Å². The maximum absolute atomic E-state index is 11.8. The molecule has 0 saturated heterocycles. The molecule has 112 valence electrons. The zero-order valence-corrected chi connectivity index (χ0v) is 12.5. The van der Waals surface area contributed by atoms with E-state index in [-0.39, 0.29) is 10.7 Å². The van der Waals surface area contributed by atoms with Gasteiger partial charge in [0.05, 0.1) is 11.1 Å². The summed E-state index contributed by atoms with van der Waals surface area (Å²) in [5.41, 5.74) is 2.92. The lowest BCUT2D eigenvalue weighted by Crippen LogP contribution is -2.17. The Morgan fingerprint density at radius 2 is 1.86 bits per heavy atom. The van der Waals surface area contributed by atoms with Crippen molar-refractivity contribution >= 4 is 41.0 Å². The molecule has 6 nitrogen and oxygen atoms in total. The van der Waals surface area contributed by atoms with Crippen LogP contribution in [-0.2, 0) is 0 Å². The highest BCUT2D eigenvalue weighted by atomic mass is 35.5. The number of hydrogen-bond acceptors (Lipinski definition) is 4. The first-order valence-electron chi connectivity index (χ1n) is 6.00. The van der Waals surface area contributed by atoms with E-state index in [4.69, 9.17) is 23.2 Å². The Balaban J connectivity index is 2.06. The lowest BCUT2D eigenvalue weighted by Gasteiger charge is -2.00. The van der Waals surface area contributed by atoms with Gasteiger partial charge in [0.2, 0.25) is 0 Å². The first-order chi connectivity index (χ1) is 10.5. The third kappa shape index (κ3) is 4.03. The first-order valence-corrected chi connectivity index (χ1v) is 6.76. The van der Waals surface area contributed by atoms with Crippen molar-refractivity contribution in [2.45, 2.75) is 0 Å².